The Morgan fingerprint density at radius 1 is 1.25 bits per heavy atom. The van der Waals surface area contributed by atoms with Crippen LogP contribution in [0.5, 0.6) is 0 Å². The lowest BCUT2D eigenvalue weighted by Gasteiger charge is -2.00. The Hall–Kier alpha value is -2.79. The topological polar surface area (TPSA) is 103 Å². The highest BCUT2D eigenvalue weighted by Gasteiger charge is 1.98. The largest absolute Gasteiger partial charge is 0.366 e. The zero-order chi connectivity index (χ0) is 12.0. The Morgan fingerprint density at radius 3 is 2.25 bits per heavy atom. The molecule has 0 radical (unpaired) electrons. The predicted molar refractivity (Wildman–Crippen MR) is 57.9 cm³/mol. The number of anilines is 1. The molecule has 16 heavy (non-hydrogen) atoms. The molecule has 1 amide bonds. The highest BCUT2D eigenvalue weighted by atomic mass is 16.1. The van der Waals surface area contributed by atoms with Crippen molar-refractivity contribution in [3.63, 3.8) is 0 Å². The lowest BCUT2D eigenvalue weighted by atomic mass is 10.2. The molecule has 0 spiro atoms. The van der Waals surface area contributed by atoms with Gasteiger partial charge in [-0.1, -0.05) is 0 Å². The number of carbonyl (C=O) groups is 1. The van der Waals surface area contributed by atoms with Gasteiger partial charge in [-0.15, -0.1) is 0 Å². The summed E-state index contributed by atoms with van der Waals surface area (Å²) in [5, 5.41) is 19.7. The summed E-state index contributed by atoms with van der Waals surface area (Å²) in [6, 6.07) is 9.79. The Morgan fingerprint density at radius 2 is 1.81 bits per heavy atom. The van der Waals surface area contributed by atoms with Crippen molar-refractivity contribution >= 4 is 11.6 Å². The van der Waals surface area contributed by atoms with E-state index in [2.05, 4.69) is 5.32 Å². The minimum absolute atomic E-state index is 0.0287. The van der Waals surface area contributed by atoms with E-state index in [-0.39, 0.29) is 5.57 Å². The number of hydrogen-bond acceptors (Lipinski definition) is 4. The van der Waals surface area contributed by atoms with Crippen LogP contribution < -0.4 is 11.1 Å². The van der Waals surface area contributed by atoms with Crippen LogP contribution in [-0.2, 0) is 0 Å². The number of nitrogens with one attached hydrogen (secondary N) is 1. The van der Waals surface area contributed by atoms with Crippen LogP contribution in [0.25, 0.3) is 0 Å². The van der Waals surface area contributed by atoms with E-state index in [4.69, 9.17) is 16.3 Å². The standard InChI is InChI=1S/C11H8N4O/c12-5-8(6-13)7-15-10-3-1-9(2-4-10)11(14)16/h1-4,7,15H,(H2,14,16). The number of benzene rings is 1. The lowest BCUT2D eigenvalue weighted by molar-refractivity contribution is 0.100. The van der Waals surface area contributed by atoms with E-state index in [1.54, 1.807) is 36.4 Å². The quantitative estimate of drug-likeness (QED) is 0.733. The first-order chi connectivity index (χ1) is 7.67. The molecule has 0 aliphatic heterocycles. The molecule has 0 atom stereocenters. The number of primary amides is 1. The molecule has 1 rings (SSSR count). The van der Waals surface area contributed by atoms with Crippen LogP contribution in [-0.4, -0.2) is 5.91 Å². The number of nitriles is 2. The van der Waals surface area contributed by atoms with Crippen molar-refractivity contribution in [1.29, 1.82) is 10.5 Å². The van der Waals surface area contributed by atoms with Crippen molar-refractivity contribution in [2.24, 2.45) is 5.73 Å². The third kappa shape index (κ3) is 2.86. The van der Waals surface area contributed by atoms with Gasteiger partial charge < -0.3 is 11.1 Å². The summed E-state index contributed by atoms with van der Waals surface area (Å²) in [6.07, 6.45) is 1.29. The molecule has 1 aromatic rings. The SMILES string of the molecule is N#CC(C#N)=CNc1ccc(C(N)=O)cc1. The van der Waals surface area contributed by atoms with Crippen molar-refractivity contribution < 1.29 is 4.79 Å². The van der Waals surface area contributed by atoms with E-state index in [1.807, 2.05) is 0 Å². The zero-order valence-corrected chi connectivity index (χ0v) is 8.27. The van der Waals surface area contributed by atoms with E-state index in [0.717, 1.165) is 0 Å². The second-order valence-corrected chi connectivity index (χ2v) is 2.87. The number of hydrogen-bond donors (Lipinski definition) is 2. The number of carbonyl (C=O) groups excluding carboxylic acids is 1. The summed E-state index contributed by atoms with van der Waals surface area (Å²) in [5.74, 6) is -0.503. The molecule has 0 aliphatic rings. The normalized spacial score (nSPS) is 8.38. The second-order valence-electron chi connectivity index (χ2n) is 2.87. The fraction of sp³-hybridized carbons (Fsp3) is 0. The van der Waals surface area contributed by atoms with Crippen LogP contribution in [0.2, 0.25) is 0 Å². The highest BCUT2D eigenvalue weighted by molar-refractivity contribution is 5.93. The van der Waals surface area contributed by atoms with Crippen LogP contribution in [0.3, 0.4) is 0 Å². The molecular formula is C11H8N4O. The number of rotatable bonds is 3. The highest BCUT2D eigenvalue weighted by Crippen LogP contribution is 2.09. The van der Waals surface area contributed by atoms with Crippen LogP contribution in [0, 0.1) is 22.7 Å². The summed E-state index contributed by atoms with van der Waals surface area (Å²) < 4.78 is 0. The smallest absolute Gasteiger partial charge is 0.248 e. The van der Waals surface area contributed by atoms with E-state index in [0.29, 0.717) is 11.3 Å². The van der Waals surface area contributed by atoms with Crippen molar-refractivity contribution in [3.05, 3.63) is 41.6 Å². The minimum Gasteiger partial charge on any atom is -0.366 e. The van der Waals surface area contributed by atoms with Crippen molar-refractivity contribution in [3.8, 4) is 12.1 Å². The van der Waals surface area contributed by atoms with Gasteiger partial charge in [-0.25, -0.2) is 0 Å². The van der Waals surface area contributed by atoms with Crippen molar-refractivity contribution in [1.82, 2.24) is 0 Å². The molecule has 78 valence electrons. The van der Waals surface area contributed by atoms with Gasteiger partial charge in [0.1, 0.15) is 17.7 Å². The molecular weight excluding hydrogens is 204 g/mol. The Labute approximate surface area is 92.4 Å². The first kappa shape index (κ1) is 11.3. The van der Waals surface area contributed by atoms with Gasteiger partial charge in [0.25, 0.3) is 0 Å². The van der Waals surface area contributed by atoms with Gasteiger partial charge >= 0.3 is 0 Å². The third-order valence-corrected chi connectivity index (χ3v) is 1.79. The first-order valence-electron chi connectivity index (χ1n) is 4.34. The van der Waals surface area contributed by atoms with Crippen molar-refractivity contribution in [2.75, 3.05) is 5.32 Å². The summed E-state index contributed by atoms with van der Waals surface area (Å²) in [4.78, 5) is 10.8. The van der Waals surface area contributed by atoms with Crippen molar-refractivity contribution in [2.45, 2.75) is 0 Å². The number of nitrogens with zero attached hydrogens (tertiary/aromatic N) is 2. The second kappa shape index (κ2) is 5.18. The van der Waals surface area contributed by atoms with Gasteiger partial charge in [0, 0.05) is 17.5 Å². The Kier molecular flexibility index (Phi) is 3.65. The molecule has 0 saturated heterocycles. The number of nitrogens with two attached hydrogens (primary N) is 1. The summed E-state index contributed by atoms with van der Waals surface area (Å²) in [7, 11) is 0. The molecule has 0 aliphatic carbocycles. The van der Waals surface area contributed by atoms with Crippen LogP contribution in [0.1, 0.15) is 10.4 Å². The molecule has 0 bridgehead atoms. The van der Waals surface area contributed by atoms with Crippen LogP contribution in [0.15, 0.2) is 36.0 Å². The predicted octanol–water partition coefficient (Wildman–Crippen LogP) is 1.13. The molecule has 0 saturated carbocycles. The number of amides is 1. The Bertz CT molecular complexity index is 486. The fourth-order valence-corrected chi connectivity index (χ4v) is 0.976. The zero-order valence-electron chi connectivity index (χ0n) is 8.27. The maximum atomic E-state index is 10.8. The summed E-state index contributed by atoms with van der Waals surface area (Å²) in [6.45, 7) is 0. The minimum atomic E-state index is -0.503. The molecule has 0 fully saturated rings. The van der Waals surface area contributed by atoms with Gasteiger partial charge in [0.05, 0.1) is 0 Å². The molecule has 1 aromatic carbocycles. The van der Waals surface area contributed by atoms with Gasteiger partial charge in [-0.3, -0.25) is 4.79 Å². The maximum absolute atomic E-state index is 10.8. The van der Waals surface area contributed by atoms with E-state index >= 15 is 0 Å². The van der Waals surface area contributed by atoms with Gasteiger partial charge in [0.15, 0.2) is 0 Å². The molecule has 0 aromatic heterocycles. The lowest BCUT2D eigenvalue weighted by Crippen LogP contribution is -2.10. The van der Waals surface area contributed by atoms with Crippen LogP contribution in [0.4, 0.5) is 5.69 Å². The fourth-order valence-electron chi connectivity index (χ4n) is 0.976. The molecule has 5 nitrogen and oxygen atoms in total. The van der Waals surface area contributed by atoms with E-state index < -0.39 is 5.91 Å². The van der Waals surface area contributed by atoms with Crippen LogP contribution >= 0.6 is 0 Å². The monoisotopic (exact) mass is 212 g/mol. The van der Waals surface area contributed by atoms with Gasteiger partial charge in [-0.05, 0) is 24.3 Å². The van der Waals surface area contributed by atoms with E-state index in [1.165, 1.54) is 6.20 Å². The van der Waals surface area contributed by atoms with Gasteiger partial charge in [0.2, 0.25) is 5.91 Å². The number of allylic oxidation sites excluding steroid dienone is 1. The first-order valence-corrected chi connectivity index (χ1v) is 4.34. The van der Waals surface area contributed by atoms with Gasteiger partial charge in [-0.2, -0.15) is 10.5 Å². The average molecular weight is 212 g/mol. The Balaban J connectivity index is 2.78. The summed E-state index contributed by atoms with van der Waals surface area (Å²) >= 11 is 0. The average Bonchev–Trinajstić information content (AvgIpc) is 2.31. The van der Waals surface area contributed by atoms with E-state index in [9.17, 15) is 4.79 Å². The third-order valence-electron chi connectivity index (χ3n) is 1.79. The summed E-state index contributed by atoms with van der Waals surface area (Å²) in [5.41, 5.74) is 6.10. The maximum Gasteiger partial charge on any atom is 0.248 e. The molecule has 3 N–H and O–H groups in total. The molecule has 0 unspecified atom stereocenters. The molecule has 5 heteroatoms. The molecule has 0 heterocycles.